The standard InChI is InChI=1S/C8H10O2/c1-5-6(2)8(10)4-3-7(5)9/h3-4H2,1-2H3. The van der Waals surface area contributed by atoms with E-state index in [0.717, 1.165) is 0 Å². The molecule has 0 aliphatic heterocycles. The first kappa shape index (κ1) is 7.19. The molecule has 0 unspecified atom stereocenters. The van der Waals surface area contributed by atoms with Gasteiger partial charge >= 0.3 is 0 Å². The minimum absolute atomic E-state index is 0.122. The SMILES string of the molecule is CC1=C(C)C(=O)CCC1=O. The van der Waals surface area contributed by atoms with Crippen LogP contribution < -0.4 is 0 Å². The van der Waals surface area contributed by atoms with E-state index in [0.29, 0.717) is 24.0 Å². The molecule has 0 saturated heterocycles. The Labute approximate surface area is 59.9 Å². The summed E-state index contributed by atoms with van der Waals surface area (Å²) < 4.78 is 0. The molecule has 54 valence electrons. The van der Waals surface area contributed by atoms with Crippen LogP contribution in [0.5, 0.6) is 0 Å². The van der Waals surface area contributed by atoms with Gasteiger partial charge in [0, 0.05) is 12.8 Å². The maximum atomic E-state index is 10.9. The lowest BCUT2D eigenvalue weighted by Gasteiger charge is -2.10. The largest absolute Gasteiger partial charge is 0.295 e. The smallest absolute Gasteiger partial charge is 0.159 e. The van der Waals surface area contributed by atoms with Crippen molar-refractivity contribution in [2.24, 2.45) is 0 Å². The van der Waals surface area contributed by atoms with Crippen LogP contribution in [0.2, 0.25) is 0 Å². The molecule has 0 radical (unpaired) electrons. The van der Waals surface area contributed by atoms with E-state index in [4.69, 9.17) is 0 Å². The number of ketones is 2. The zero-order valence-corrected chi connectivity index (χ0v) is 6.23. The van der Waals surface area contributed by atoms with Crippen LogP contribution in [0.1, 0.15) is 26.7 Å². The van der Waals surface area contributed by atoms with Gasteiger partial charge in [0.2, 0.25) is 0 Å². The second kappa shape index (κ2) is 2.37. The van der Waals surface area contributed by atoms with E-state index in [1.807, 2.05) is 0 Å². The zero-order valence-electron chi connectivity index (χ0n) is 6.23. The number of allylic oxidation sites excluding steroid dienone is 2. The molecule has 0 bridgehead atoms. The Kier molecular flexibility index (Phi) is 1.70. The lowest BCUT2D eigenvalue weighted by molar-refractivity contribution is -0.122. The van der Waals surface area contributed by atoms with Crippen molar-refractivity contribution in [3.05, 3.63) is 11.1 Å². The number of rotatable bonds is 0. The topological polar surface area (TPSA) is 34.1 Å². The molecular weight excluding hydrogens is 128 g/mol. The fourth-order valence-electron chi connectivity index (χ4n) is 1.02. The van der Waals surface area contributed by atoms with Gasteiger partial charge in [0.05, 0.1) is 0 Å². The van der Waals surface area contributed by atoms with Gasteiger partial charge in [0.15, 0.2) is 11.6 Å². The summed E-state index contributed by atoms with van der Waals surface area (Å²) in [4.78, 5) is 21.9. The van der Waals surface area contributed by atoms with Crippen LogP contribution in [-0.2, 0) is 9.59 Å². The lowest BCUT2D eigenvalue weighted by atomic mass is 9.92. The van der Waals surface area contributed by atoms with E-state index in [2.05, 4.69) is 0 Å². The van der Waals surface area contributed by atoms with Gasteiger partial charge in [-0.1, -0.05) is 0 Å². The maximum absolute atomic E-state index is 10.9. The molecule has 1 aliphatic carbocycles. The molecule has 0 spiro atoms. The van der Waals surface area contributed by atoms with Crippen molar-refractivity contribution in [1.82, 2.24) is 0 Å². The number of Topliss-reactive ketones (excluding diaryl/α,β-unsaturated/α-hetero) is 2. The molecule has 0 aromatic heterocycles. The molecule has 0 saturated carbocycles. The van der Waals surface area contributed by atoms with Gasteiger partial charge in [-0.2, -0.15) is 0 Å². The molecular formula is C8H10O2. The average molecular weight is 138 g/mol. The van der Waals surface area contributed by atoms with Crippen LogP contribution in [0, 0.1) is 0 Å². The van der Waals surface area contributed by atoms with Crippen molar-refractivity contribution in [3.63, 3.8) is 0 Å². The van der Waals surface area contributed by atoms with E-state index in [1.54, 1.807) is 13.8 Å². The second-order valence-electron chi connectivity index (χ2n) is 2.60. The van der Waals surface area contributed by atoms with Crippen LogP contribution in [0.3, 0.4) is 0 Å². The Hall–Kier alpha value is -0.920. The molecule has 0 atom stereocenters. The Morgan fingerprint density at radius 1 is 0.900 bits per heavy atom. The van der Waals surface area contributed by atoms with Crippen LogP contribution in [0.4, 0.5) is 0 Å². The predicted octanol–water partition coefficient (Wildman–Crippen LogP) is 1.25. The maximum Gasteiger partial charge on any atom is 0.159 e. The molecule has 1 aliphatic rings. The van der Waals surface area contributed by atoms with Crippen LogP contribution in [0.15, 0.2) is 11.1 Å². The highest BCUT2D eigenvalue weighted by atomic mass is 16.1. The summed E-state index contributed by atoms with van der Waals surface area (Å²) in [5.74, 6) is 0.245. The molecule has 10 heavy (non-hydrogen) atoms. The van der Waals surface area contributed by atoms with Crippen LogP contribution in [-0.4, -0.2) is 11.6 Å². The quantitative estimate of drug-likeness (QED) is 0.505. The molecule has 0 fully saturated rings. The van der Waals surface area contributed by atoms with Gasteiger partial charge in [-0.25, -0.2) is 0 Å². The molecule has 0 heterocycles. The second-order valence-corrected chi connectivity index (χ2v) is 2.60. The number of carbonyl (C=O) groups is 2. The van der Waals surface area contributed by atoms with Gasteiger partial charge in [0.1, 0.15) is 0 Å². The average Bonchev–Trinajstić information content (AvgIpc) is 1.93. The highest BCUT2D eigenvalue weighted by Gasteiger charge is 2.19. The van der Waals surface area contributed by atoms with Crippen molar-refractivity contribution < 1.29 is 9.59 Å². The Morgan fingerprint density at radius 3 is 1.50 bits per heavy atom. The molecule has 0 aromatic rings. The minimum atomic E-state index is 0.122. The van der Waals surface area contributed by atoms with Crippen LogP contribution >= 0.6 is 0 Å². The summed E-state index contributed by atoms with van der Waals surface area (Å²) in [5, 5.41) is 0. The van der Waals surface area contributed by atoms with E-state index in [-0.39, 0.29) is 11.6 Å². The summed E-state index contributed by atoms with van der Waals surface area (Å²) in [6.07, 6.45) is 0.810. The fourth-order valence-corrected chi connectivity index (χ4v) is 1.02. The van der Waals surface area contributed by atoms with Crippen molar-refractivity contribution in [2.75, 3.05) is 0 Å². The van der Waals surface area contributed by atoms with E-state index in [9.17, 15) is 9.59 Å². The third-order valence-corrected chi connectivity index (χ3v) is 1.98. The third-order valence-electron chi connectivity index (χ3n) is 1.98. The number of hydrogen-bond donors (Lipinski definition) is 0. The molecule has 2 heteroatoms. The predicted molar refractivity (Wildman–Crippen MR) is 37.6 cm³/mol. The van der Waals surface area contributed by atoms with Gasteiger partial charge in [-0.3, -0.25) is 9.59 Å². The van der Waals surface area contributed by atoms with Gasteiger partial charge in [-0.05, 0) is 25.0 Å². The van der Waals surface area contributed by atoms with Crippen molar-refractivity contribution in [2.45, 2.75) is 26.7 Å². The van der Waals surface area contributed by atoms with E-state index < -0.39 is 0 Å². The first-order chi connectivity index (χ1) is 4.63. The third kappa shape index (κ3) is 1.01. The number of hydrogen-bond acceptors (Lipinski definition) is 2. The first-order valence-electron chi connectivity index (χ1n) is 3.37. The van der Waals surface area contributed by atoms with Crippen molar-refractivity contribution >= 4 is 11.6 Å². The minimum Gasteiger partial charge on any atom is -0.295 e. The van der Waals surface area contributed by atoms with Crippen molar-refractivity contribution in [1.29, 1.82) is 0 Å². The highest BCUT2D eigenvalue weighted by molar-refractivity contribution is 6.10. The van der Waals surface area contributed by atoms with Gasteiger partial charge in [-0.15, -0.1) is 0 Å². The summed E-state index contributed by atoms with van der Waals surface area (Å²) in [6.45, 7) is 3.43. The van der Waals surface area contributed by atoms with E-state index in [1.165, 1.54) is 0 Å². The summed E-state index contributed by atoms with van der Waals surface area (Å²) in [6, 6.07) is 0. The normalized spacial score (nSPS) is 20.2. The molecule has 0 N–H and O–H groups in total. The summed E-state index contributed by atoms with van der Waals surface area (Å²) in [5.41, 5.74) is 1.30. The van der Waals surface area contributed by atoms with Crippen LogP contribution in [0.25, 0.3) is 0 Å². The van der Waals surface area contributed by atoms with Crippen molar-refractivity contribution in [3.8, 4) is 0 Å². The Morgan fingerprint density at radius 2 is 1.20 bits per heavy atom. The monoisotopic (exact) mass is 138 g/mol. The highest BCUT2D eigenvalue weighted by Crippen LogP contribution is 2.17. The zero-order chi connectivity index (χ0) is 7.72. The molecule has 1 rings (SSSR count). The lowest BCUT2D eigenvalue weighted by Crippen LogP contribution is -2.15. The summed E-state index contributed by atoms with van der Waals surface area (Å²) in [7, 11) is 0. The molecule has 2 nitrogen and oxygen atoms in total. The first-order valence-corrected chi connectivity index (χ1v) is 3.37. The fraction of sp³-hybridized carbons (Fsp3) is 0.500. The summed E-state index contributed by atoms with van der Waals surface area (Å²) >= 11 is 0. The molecule has 0 amide bonds. The Balaban J connectivity index is 3.03. The van der Waals surface area contributed by atoms with Gasteiger partial charge < -0.3 is 0 Å². The number of carbonyl (C=O) groups excluding carboxylic acids is 2. The Bertz CT molecular complexity index is 199. The van der Waals surface area contributed by atoms with E-state index >= 15 is 0 Å². The molecule has 0 aromatic carbocycles. The van der Waals surface area contributed by atoms with Gasteiger partial charge in [0.25, 0.3) is 0 Å².